The molecule has 0 saturated carbocycles. The molecule has 2 aromatic rings. The monoisotopic (exact) mass is 395 g/mol. The number of hydrogen-bond donors (Lipinski definition) is 1. The van der Waals surface area contributed by atoms with Gasteiger partial charge in [-0.1, -0.05) is 57.9 Å². The van der Waals surface area contributed by atoms with Crippen molar-refractivity contribution in [1.82, 2.24) is 5.32 Å². The summed E-state index contributed by atoms with van der Waals surface area (Å²) in [5.41, 5.74) is 2.88. The third-order valence-electron chi connectivity index (χ3n) is 2.97. The van der Waals surface area contributed by atoms with E-state index in [9.17, 15) is 4.79 Å². The number of nitrogens with one attached hydrogen (secondary N) is 1. The lowest BCUT2D eigenvalue weighted by molar-refractivity contribution is 0.0953. The van der Waals surface area contributed by atoms with Gasteiger partial charge in [0.2, 0.25) is 0 Å². The molecule has 104 valence electrons. The van der Waals surface area contributed by atoms with Crippen LogP contribution in [0.25, 0.3) is 0 Å². The van der Waals surface area contributed by atoms with Crippen molar-refractivity contribution in [3.05, 3.63) is 69.7 Å². The highest BCUT2D eigenvalue weighted by atomic mass is 79.9. The van der Waals surface area contributed by atoms with E-state index < -0.39 is 0 Å². The van der Waals surface area contributed by atoms with E-state index in [1.165, 1.54) is 0 Å². The van der Waals surface area contributed by atoms with Crippen LogP contribution >= 0.6 is 31.9 Å². The van der Waals surface area contributed by atoms with Crippen molar-refractivity contribution in [2.45, 2.75) is 11.8 Å². The molecular formula is C16H15Br2NO. The molecule has 0 aliphatic heterocycles. The summed E-state index contributed by atoms with van der Waals surface area (Å²) in [6.07, 6.45) is 0. The third-order valence-corrected chi connectivity index (χ3v) is 4.51. The third kappa shape index (κ3) is 3.93. The summed E-state index contributed by atoms with van der Waals surface area (Å²) in [6, 6.07) is 15.8. The summed E-state index contributed by atoms with van der Waals surface area (Å²) in [7, 11) is 0. The summed E-state index contributed by atoms with van der Waals surface area (Å²) in [6.45, 7) is 2.52. The van der Waals surface area contributed by atoms with Gasteiger partial charge < -0.3 is 5.32 Å². The maximum Gasteiger partial charge on any atom is 0.252 e. The van der Waals surface area contributed by atoms with Gasteiger partial charge in [-0.15, -0.1) is 0 Å². The van der Waals surface area contributed by atoms with E-state index in [0.29, 0.717) is 12.1 Å². The Balaban J connectivity index is 2.00. The molecule has 0 heterocycles. The molecule has 1 amide bonds. The molecule has 0 aliphatic carbocycles. The first kappa shape index (κ1) is 15.3. The van der Waals surface area contributed by atoms with E-state index in [1.54, 1.807) is 0 Å². The molecule has 2 nitrogen and oxygen atoms in total. The second-order valence-corrected chi connectivity index (χ2v) is 6.53. The zero-order valence-electron chi connectivity index (χ0n) is 11.1. The molecule has 0 aliphatic rings. The van der Waals surface area contributed by atoms with Crippen LogP contribution in [0.4, 0.5) is 0 Å². The highest BCUT2D eigenvalue weighted by Gasteiger charge is 2.13. The van der Waals surface area contributed by atoms with Crippen LogP contribution in [0.3, 0.4) is 0 Å². The minimum absolute atomic E-state index is 0.0686. The van der Waals surface area contributed by atoms with Gasteiger partial charge in [-0.3, -0.25) is 4.79 Å². The maximum atomic E-state index is 12.2. The second-order valence-electron chi connectivity index (χ2n) is 4.57. The molecule has 0 radical (unpaired) electrons. The fourth-order valence-corrected chi connectivity index (χ4v) is 2.76. The van der Waals surface area contributed by atoms with E-state index in [0.717, 1.165) is 15.6 Å². The summed E-state index contributed by atoms with van der Waals surface area (Å²) in [4.78, 5) is 12.3. The zero-order chi connectivity index (χ0) is 14.5. The number of alkyl halides is 1. The van der Waals surface area contributed by atoms with Gasteiger partial charge in [0.1, 0.15) is 0 Å². The van der Waals surface area contributed by atoms with E-state index in [2.05, 4.69) is 37.2 Å². The Morgan fingerprint density at radius 3 is 2.60 bits per heavy atom. The molecule has 0 saturated heterocycles. The summed E-state index contributed by atoms with van der Waals surface area (Å²) < 4.78 is 0.812. The number of carbonyl (C=O) groups is 1. The molecule has 2 rings (SSSR count). The highest BCUT2D eigenvalue weighted by Crippen LogP contribution is 2.22. The minimum Gasteiger partial charge on any atom is -0.351 e. The normalized spacial score (nSPS) is 11.9. The highest BCUT2D eigenvalue weighted by molar-refractivity contribution is 9.10. The molecule has 20 heavy (non-hydrogen) atoms. The van der Waals surface area contributed by atoms with Gasteiger partial charge >= 0.3 is 0 Å². The Kier molecular flexibility index (Phi) is 5.38. The maximum absolute atomic E-state index is 12.2. The van der Waals surface area contributed by atoms with Crippen LogP contribution in [0.2, 0.25) is 0 Å². The first-order valence-electron chi connectivity index (χ1n) is 6.31. The standard InChI is InChI=1S/C16H15Br2NO/c1-11-7-8-14(17)13(9-11)16(20)19-10-15(18)12-5-3-2-4-6-12/h2-9,15H,10H2,1H3,(H,19,20). The van der Waals surface area contributed by atoms with Crippen molar-refractivity contribution in [3.8, 4) is 0 Å². The van der Waals surface area contributed by atoms with Gasteiger partial charge in [0.25, 0.3) is 5.91 Å². The van der Waals surface area contributed by atoms with Crippen LogP contribution in [-0.4, -0.2) is 12.5 Å². The lowest BCUT2D eigenvalue weighted by atomic mass is 10.1. The van der Waals surface area contributed by atoms with Crippen molar-refractivity contribution in [3.63, 3.8) is 0 Å². The van der Waals surface area contributed by atoms with Gasteiger partial charge in [0.05, 0.1) is 10.4 Å². The fraction of sp³-hybridized carbons (Fsp3) is 0.188. The first-order valence-corrected chi connectivity index (χ1v) is 8.02. The van der Waals surface area contributed by atoms with E-state index in [4.69, 9.17) is 0 Å². The Morgan fingerprint density at radius 2 is 1.90 bits per heavy atom. The summed E-state index contributed by atoms with van der Waals surface area (Å²) in [5.74, 6) is -0.0686. The lowest BCUT2D eigenvalue weighted by Crippen LogP contribution is -2.27. The van der Waals surface area contributed by atoms with Crippen LogP contribution in [0.15, 0.2) is 53.0 Å². The van der Waals surface area contributed by atoms with Gasteiger partial charge in [0, 0.05) is 11.0 Å². The number of aryl methyl sites for hydroxylation is 1. The fourth-order valence-electron chi connectivity index (χ4n) is 1.87. The molecule has 0 fully saturated rings. The molecule has 0 bridgehead atoms. The number of halogens is 2. The summed E-state index contributed by atoms with van der Waals surface area (Å²) >= 11 is 7.00. The van der Waals surface area contributed by atoms with Crippen molar-refractivity contribution in [2.24, 2.45) is 0 Å². The van der Waals surface area contributed by atoms with Crippen LogP contribution in [0.1, 0.15) is 26.3 Å². The van der Waals surface area contributed by atoms with Crippen LogP contribution in [0, 0.1) is 6.92 Å². The number of carbonyl (C=O) groups excluding carboxylic acids is 1. The van der Waals surface area contributed by atoms with Gasteiger partial charge in [-0.25, -0.2) is 0 Å². The van der Waals surface area contributed by atoms with Crippen molar-refractivity contribution < 1.29 is 4.79 Å². The molecule has 4 heteroatoms. The number of hydrogen-bond acceptors (Lipinski definition) is 1. The van der Waals surface area contributed by atoms with E-state index in [1.807, 2.05) is 55.5 Å². The van der Waals surface area contributed by atoms with Crippen molar-refractivity contribution in [2.75, 3.05) is 6.54 Å². The van der Waals surface area contributed by atoms with Gasteiger partial charge in [-0.05, 0) is 40.5 Å². The Morgan fingerprint density at radius 1 is 1.20 bits per heavy atom. The van der Waals surface area contributed by atoms with Gasteiger partial charge in [0.15, 0.2) is 0 Å². The SMILES string of the molecule is Cc1ccc(Br)c(C(=O)NCC(Br)c2ccccc2)c1. The van der Waals surface area contributed by atoms with Crippen LogP contribution in [0.5, 0.6) is 0 Å². The second kappa shape index (κ2) is 7.04. The molecule has 2 aromatic carbocycles. The average molecular weight is 397 g/mol. The molecule has 0 aromatic heterocycles. The Bertz CT molecular complexity index is 599. The predicted octanol–water partition coefficient (Wildman–Crippen LogP) is 4.62. The smallest absolute Gasteiger partial charge is 0.252 e. The predicted molar refractivity (Wildman–Crippen MR) is 89.3 cm³/mol. The minimum atomic E-state index is -0.0686. The number of benzene rings is 2. The quantitative estimate of drug-likeness (QED) is 0.750. The Labute approximate surface area is 135 Å². The van der Waals surface area contributed by atoms with E-state index in [-0.39, 0.29) is 10.7 Å². The largest absolute Gasteiger partial charge is 0.351 e. The Hall–Kier alpha value is -1.13. The van der Waals surface area contributed by atoms with Gasteiger partial charge in [-0.2, -0.15) is 0 Å². The molecule has 0 spiro atoms. The topological polar surface area (TPSA) is 29.1 Å². The van der Waals surface area contributed by atoms with Crippen molar-refractivity contribution in [1.29, 1.82) is 0 Å². The number of rotatable bonds is 4. The molecule has 1 atom stereocenters. The molecule has 1 unspecified atom stereocenters. The first-order chi connectivity index (χ1) is 9.58. The number of amides is 1. The van der Waals surface area contributed by atoms with Crippen molar-refractivity contribution >= 4 is 37.8 Å². The molecule has 1 N–H and O–H groups in total. The summed E-state index contributed by atoms with van der Waals surface area (Å²) in [5, 5.41) is 2.95. The van der Waals surface area contributed by atoms with Crippen LogP contribution in [-0.2, 0) is 0 Å². The van der Waals surface area contributed by atoms with E-state index >= 15 is 0 Å². The molecular weight excluding hydrogens is 382 g/mol. The average Bonchev–Trinajstić information content (AvgIpc) is 2.47. The lowest BCUT2D eigenvalue weighted by Gasteiger charge is -2.12. The zero-order valence-corrected chi connectivity index (χ0v) is 14.2. The van der Waals surface area contributed by atoms with Crippen LogP contribution < -0.4 is 5.32 Å².